The Labute approximate surface area is 90.3 Å². The molecule has 1 aliphatic rings. The summed E-state index contributed by atoms with van der Waals surface area (Å²) < 4.78 is 27.2. The predicted octanol–water partition coefficient (Wildman–Crippen LogP) is 3.18. The Bertz CT molecular complexity index is 564. The molecule has 0 fully saturated rings. The smallest absolute Gasteiger partial charge is 0.194 e. The summed E-state index contributed by atoms with van der Waals surface area (Å²) in [6.07, 6.45) is 0. The largest absolute Gasteiger partial charge is 0.289 e. The number of hydrogen-bond donors (Lipinski definition) is 0. The third-order valence-electron chi connectivity index (χ3n) is 2.77. The number of hydrogen-bond acceptors (Lipinski definition) is 1. The van der Waals surface area contributed by atoms with Gasteiger partial charge < -0.3 is 0 Å². The highest BCUT2D eigenvalue weighted by atomic mass is 19.1. The summed E-state index contributed by atoms with van der Waals surface area (Å²) in [6, 6.07) is 8.40. The third-order valence-corrected chi connectivity index (χ3v) is 2.77. The van der Waals surface area contributed by atoms with Crippen LogP contribution in [0.25, 0.3) is 11.1 Å². The maximum Gasteiger partial charge on any atom is 0.194 e. The van der Waals surface area contributed by atoms with Crippen LogP contribution in [0.15, 0.2) is 36.4 Å². The molecule has 1 nitrogen and oxygen atoms in total. The maximum absolute atomic E-state index is 13.6. The maximum atomic E-state index is 13.6. The fourth-order valence-corrected chi connectivity index (χ4v) is 2.08. The number of halogens is 2. The van der Waals surface area contributed by atoms with Gasteiger partial charge in [0.1, 0.15) is 11.6 Å². The summed E-state index contributed by atoms with van der Waals surface area (Å²) >= 11 is 0. The normalized spacial score (nSPS) is 12.5. The standard InChI is InChI=1S/C13H6F2O/c14-9-5-1-3-7-11(9)12-8(13(7)16)4-2-6-10(12)15/h1-6H. The number of fused-ring (bicyclic) bond motifs is 3. The molecule has 16 heavy (non-hydrogen) atoms. The molecule has 3 heteroatoms. The minimum atomic E-state index is -0.560. The average Bonchev–Trinajstić information content (AvgIpc) is 2.56. The summed E-state index contributed by atoms with van der Waals surface area (Å²) in [5, 5.41) is 0. The summed E-state index contributed by atoms with van der Waals surface area (Å²) in [6.45, 7) is 0. The van der Waals surface area contributed by atoms with Crippen molar-refractivity contribution >= 4 is 5.78 Å². The molecule has 2 aromatic rings. The Morgan fingerprint density at radius 2 is 1.19 bits per heavy atom. The highest BCUT2D eigenvalue weighted by molar-refractivity contribution is 6.21. The predicted molar refractivity (Wildman–Crippen MR) is 55.2 cm³/mol. The average molecular weight is 216 g/mol. The van der Waals surface area contributed by atoms with Gasteiger partial charge in [-0.15, -0.1) is 0 Å². The SMILES string of the molecule is O=C1c2cccc(F)c2-c2c(F)cccc21. The lowest BCUT2D eigenvalue weighted by molar-refractivity contribution is 0.104. The third kappa shape index (κ3) is 0.999. The van der Waals surface area contributed by atoms with Crippen molar-refractivity contribution in [3.63, 3.8) is 0 Å². The molecule has 0 N–H and O–H groups in total. The molecule has 0 saturated heterocycles. The fraction of sp³-hybridized carbons (Fsp3) is 0. The molecule has 0 amide bonds. The van der Waals surface area contributed by atoms with Gasteiger partial charge in [0.15, 0.2) is 5.78 Å². The van der Waals surface area contributed by atoms with Crippen molar-refractivity contribution in [2.24, 2.45) is 0 Å². The van der Waals surface area contributed by atoms with Crippen molar-refractivity contribution in [3.05, 3.63) is 59.2 Å². The minimum Gasteiger partial charge on any atom is -0.289 e. The Balaban J connectivity index is 2.48. The van der Waals surface area contributed by atoms with E-state index in [1.807, 2.05) is 0 Å². The Morgan fingerprint density at radius 3 is 1.62 bits per heavy atom. The number of carbonyl (C=O) groups is 1. The van der Waals surface area contributed by atoms with Crippen LogP contribution in [-0.2, 0) is 0 Å². The van der Waals surface area contributed by atoms with Crippen molar-refractivity contribution in [2.45, 2.75) is 0 Å². The van der Waals surface area contributed by atoms with Crippen LogP contribution in [0.5, 0.6) is 0 Å². The molecule has 0 heterocycles. The molecule has 0 aromatic heterocycles. The lowest BCUT2D eigenvalue weighted by Crippen LogP contribution is -1.94. The van der Waals surface area contributed by atoms with Gasteiger partial charge in [-0.05, 0) is 12.1 Å². The molecule has 78 valence electrons. The molecule has 0 atom stereocenters. The first-order chi connectivity index (χ1) is 7.70. The zero-order valence-electron chi connectivity index (χ0n) is 8.13. The molecule has 3 rings (SSSR count). The minimum absolute atomic E-state index is 0.0839. The van der Waals surface area contributed by atoms with Crippen LogP contribution in [0.3, 0.4) is 0 Å². The van der Waals surface area contributed by atoms with E-state index in [0.29, 0.717) is 0 Å². The molecule has 0 saturated carbocycles. The van der Waals surface area contributed by atoms with Crippen LogP contribution in [0.4, 0.5) is 8.78 Å². The van der Waals surface area contributed by atoms with Crippen LogP contribution in [0, 0.1) is 11.6 Å². The molecular weight excluding hydrogens is 210 g/mol. The highest BCUT2D eigenvalue weighted by Gasteiger charge is 2.31. The second kappa shape index (κ2) is 2.98. The fourth-order valence-electron chi connectivity index (χ4n) is 2.08. The molecule has 0 radical (unpaired) electrons. The molecule has 1 aliphatic carbocycles. The summed E-state index contributed by atoms with van der Waals surface area (Å²) in [4.78, 5) is 11.9. The van der Waals surface area contributed by atoms with Gasteiger partial charge in [0.25, 0.3) is 0 Å². The summed E-state index contributed by atoms with van der Waals surface area (Å²) in [5.74, 6) is -1.44. The van der Waals surface area contributed by atoms with E-state index in [0.717, 1.165) is 0 Å². The summed E-state index contributed by atoms with van der Waals surface area (Å²) in [5.41, 5.74) is 0.640. The number of rotatable bonds is 0. The van der Waals surface area contributed by atoms with Gasteiger partial charge in [0.05, 0.1) is 0 Å². The first-order valence-electron chi connectivity index (χ1n) is 4.82. The zero-order chi connectivity index (χ0) is 11.3. The molecule has 0 aliphatic heterocycles. The monoisotopic (exact) mass is 216 g/mol. The van der Waals surface area contributed by atoms with E-state index in [1.165, 1.54) is 36.4 Å². The molecule has 2 aromatic carbocycles. The Morgan fingerprint density at radius 1 is 0.750 bits per heavy atom. The number of benzene rings is 2. The molecule has 0 spiro atoms. The van der Waals surface area contributed by atoms with Crippen LogP contribution in [0.2, 0.25) is 0 Å². The van der Waals surface area contributed by atoms with Crippen LogP contribution in [0.1, 0.15) is 15.9 Å². The van der Waals surface area contributed by atoms with Gasteiger partial charge in [-0.25, -0.2) is 8.78 Å². The lowest BCUT2D eigenvalue weighted by atomic mass is 10.0. The van der Waals surface area contributed by atoms with Crippen molar-refractivity contribution in [3.8, 4) is 11.1 Å². The first-order valence-corrected chi connectivity index (χ1v) is 4.82. The van der Waals surface area contributed by atoms with Crippen LogP contribution in [-0.4, -0.2) is 5.78 Å². The van der Waals surface area contributed by atoms with E-state index in [9.17, 15) is 13.6 Å². The van der Waals surface area contributed by atoms with Crippen molar-refractivity contribution in [1.82, 2.24) is 0 Å². The topological polar surface area (TPSA) is 17.1 Å². The Hall–Kier alpha value is -2.03. The van der Waals surface area contributed by atoms with E-state index >= 15 is 0 Å². The van der Waals surface area contributed by atoms with Gasteiger partial charge >= 0.3 is 0 Å². The summed E-state index contributed by atoms with van der Waals surface area (Å²) in [7, 11) is 0. The van der Waals surface area contributed by atoms with E-state index in [2.05, 4.69) is 0 Å². The molecule has 0 bridgehead atoms. The highest BCUT2D eigenvalue weighted by Crippen LogP contribution is 2.39. The molecular formula is C13H6F2O. The second-order valence-electron chi connectivity index (χ2n) is 3.65. The van der Waals surface area contributed by atoms with E-state index in [-0.39, 0.29) is 28.0 Å². The quantitative estimate of drug-likeness (QED) is 0.564. The van der Waals surface area contributed by atoms with Crippen molar-refractivity contribution in [1.29, 1.82) is 0 Å². The number of ketones is 1. The van der Waals surface area contributed by atoms with Crippen molar-refractivity contribution < 1.29 is 13.6 Å². The van der Waals surface area contributed by atoms with E-state index in [4.69, 9.17) is 0 Å². The first kappa shape index (κ1) is 9.21. The van der Waals surface area contributed by atoms with Gasteiger partial charge in [-0.1, -0.05) is 24.3 Å². The van der Waals surface area contributed by atoms with E-state index < -0.39 is 11.6 Å². The second-order valence-corrected chi connectivity index (χ2v) is 3.65. The van der Waals surface area contributed by atoms with Crippen LogP contribution < -0.4 is 0 Å². The van der Waals surface area contributed by atoms with Crippen molar-refractivity contribution in [2.75, 3.05) is 0 Å². The molecule has 0 unspecified atom stereocenters. The van der Waals surface area contributed by atoms with E-state index in [1.54, 1.807) is 0 Å². The number of carbonyl (C=O) groups excluding carboxylic acids is 1. The lowest BCUT2D eigenvalue weighted by Gasteiger charge is -2.01. The van der Waals surface area contributed by atoms with Gasteiger partial charge in [-0.2, -0.15) is 0 Å². The van der Waals surface area contributed by atoms with Gasteiger partial charge in [-0.3, -0.25) is 4.79 Å². The zero-order valence-corrected chi connectivity index (χ0v) is 8.13. The van der Waals surface area contributed by atoms with Gasteiger partial charge in [0, 0.05) is 22.3 Å². The van der Waals surface area contributed by atoms with Crippen LogP contribution >= 0.6 is 0 Å². The van der Waals surface area contributed by atoms with Gasteiger partial charge in [0.2, 0.25) is 0 Å². The Kier molecular flexibility index (Phi) is 1.72.